The molecule has 0 saturated carbocycles. The molecule has 17 heteroatoms. The molecular formula is C18H14BrF5O11. The molecular weight excluding hydrogens is 567 g/mol. The number of hydrogen-bond donors (Lipinski definition) is 4. The predicted molar refractivity (Wildman–Crippen MR) is 102 cm³/mol. The fraction of sp³-hybridized carbons (Fsp3) is 0.333. The van der Waals surface area contributed by atoms with Crippen LogP contribution in [0.25, 0.3) is 0 Å². The van der Waals surface area contributed by atoms with E-state index in [-0.39, 0.29) is 0 Å². The Labute approximate surface area is 199 Å². The molecule has 1 aromatic carbocycles. The van der Waals surface area contributed by atoms with E-state index in [1.54, 1.807) is 0 Å². The molecule has 0 bridgehead atoms. The third-order valence-electron chi connectivity index (χ3n) is 3.79. The Balaban J connectivity index is 0.000000669. The van der Waals surface area contributed by atoms with Gasteiger partial charge in [0.15, 0.2) is 23.3 Å². The molecule has 0 heterocycles. The van der Waals surface area contributed by atoms with E-state index >= 15 is 0 Å². The minimum absolute atomic E-state index is 0.436. The van der Waals surface area contributed by atoms with Gasteiger partial charge in [0.2, 0.25) is 11.9 Å². The van der Waals surface area contributed by atoms with E-state index in [2.05, 4.69) is 20.7 Å². The molecule has 0 radical (unpaired) electrons. The normalized spacial score (nSPS) is 11.9. The van der Waals surface area contributed by atoms with Gasteiger partial charge in [0.1, 0.15) is 5.92 Å². The van der Waals surface area contributed by atoms with E-state index in [9.17, 15) is 50.7 Å². The van der Waals surface area contributed by atoms with Crippen molar-refractivity contribution in [2.45, 2.75) is 25.4 Å². The van der Waals surface area contributed by atoms with Crippen molar-refractivity contribution in [1.29, 1.82) is 0 Å². The van der Waals surface area contributed by atoms with Gasteiger partial charge in [-0.3, -0.25) is 19.2 Å². The molecule has 0 fully saturated rings. The molecule has 4 N–H and O–H groups in total. The van der Waals surface area contributed by atoms with Crippen LogP contribution >= 0.6 is 15.9 Å². The van der Waals surface area contributed by atoms with Gasteiger partial charge in [0.05, 0.1) is 11.8 Å². The van der Waals surface area contributed by atoms with Crippen LogP contribution in [0.2, 0.25) is 0 Å². The minimum Gasteiger partial charge on any atom is -0.481 e. The van der Waals surface area contributed by atoms with Crippen LogP contribution in [0.4, 0.5) is 22.0 Å². The lowest BCUT2D eigenvalue weighted by Gasteiger charge is -2.18. The summed E-state index contributed by atoms with van der Waals surface area (Å²) in [5.41, 5.74) is -1.11. The predicted octanol–water partition coefficient (Wildman–Crippen LogP) is 1.52. The summed E-state index contributed by atoms with van der Waals surface area (Å²) in [6, 6.07) is 0. The minimum atomic E-state index is -2.26. The van der Waals surface area contributed by atoms with Crippen molar-refractivity contribution < 1.29 is 75.9 Å². The van der Waals surface area contributed by atoms with Crippen molar-refractivity contribution in [2.24, 2.45) is 5.92 Å². The number of ether oxygens (including phenoxy) is 1. The van der Waals surface area contributed by atoms with Crippen molar-refractivity contribution in [3.63, 3.8) is 0 Å². The Bertz CT molecular complexity index is 1000. The number of alkyl halides is 1. The number of halogens is 6. The molecule has 1 rings (SSSR count). The Morgan fingerprint density at radius 3 is 1.54 bits per heavy atom. The zero-order chi connectivity index (χ0) is 27.6. The van der Waals surface area contributed by atoms with Gasteiger partial charge in [0, 0.05) is 12.0 Å². The summed E-state index contributed by atoms with van der Waals surface area (Å²) in [4.78, 5) is 64.2. The highest BCUT2D eigenvalue weighted by Crippen LogP contribution is 2.24. The lowest BCUT2D eigenvalue weighted by atomic mass is 9.98. The smallest absolute Gasteiger partial charge is 0.376 e. The van der Waals surface area contributed by atoms with E-state index in [0.717, 1.165) is 0 Å². The third kappa shape index (κ3) is 9.26. The van der Waals surface area contributed by atoms with Gasteiger partial charge in [-0.15, -0.1) is 0 Å². The van der Waals surface area contributed by atoms with E-state index in [1.165, 1.54) is 0 Å². The highest BCUT2D eigenvalue weighted by atomic mass is 79.9. The number of carboxylic acid groups (broad SMARTS) is 4. The van der Waals surface area contributed by atoms with Crippen molar-refractivity contribution in [3.05, 3.63) is 34.6 Å². The summed E-state index contributed by atoms with van der Waals surface area (Å²) < 4.78 is 67.9. The van der Waals surface area contributed by atoms with Gasteiger partial charge < -0.3 is 25.2 Å². The maximum absolute atomic E-state index is 12.9. The Morgan fingerprint density at radius 1 is 0.743 bits per heavy atom. The molecule has 0 amide bonds. The Hall–Kier alpha value is -3.63. The van der Waals surface area contributed by atoms with Gasteiger partial charge in [-0.1, -0.05) is 15.9 Å². The summed E-state index contributed by atoms with van der Waals surface area (Å²) in [5.74, 6) is -21.7. The maximum Gasteiger partial charge on any atom is 0.376 e. The lowest BCUT2D eigenvalue weighted by molar-refractivity contribution is -0.176. The van der Waals surface area contributed by atoms with E-state index in [4.69, 9.17) is 20.4 Å². The fourth-order valence-electron chi connectivity index (χ4n) is 2.15. The van der Waals surface area contributed by atoms with Crippen LogP contribution < -0.4 is 0 Å². The van der Waals surface area contributed by atoms with E-state index in [0.29, 0.717) is 0 Å². The summed E-state index contributed by atoms with van der Waals surface area (Å²) >= 11 is 2.64. The summed E-state index contributed by atoms with van der Waals surface area (Å²) in [5, 5.41) is 33.8. The molecule has 0 aliphatic heterocycles. The number of carboxylic acids is 4. The first-order valence-corrected chi connectivity index (χ1v) is 9.88. The number of esters is 1. The lowest BCUT2D eigenvalue weighted by Crippen LogP contribution is -2.41. The van der Waals surface area contributed by atoms with Crippen LogP contribution in [-0.2, 0) is 39.9 Å². The van der Waals surface area contributed by atoms with Crippen molar-refractivity contribution >= 4 is 51.6 Å². The molecule has 2 unspecified atom stereocenters. The number of hydrogen-bond acceptors (Lipinski definition) is 7. The van der Waals surface area contributed by atoms with Crippen molar-refractivity contribution in [2.75, 3.05) is 5.33 Å². The number of carbonyl (C=O) groups excluding carboxylic acids is 2. The second-order valence-electron chi connectivity index (χ2n) is 6.21. The van der Waals surface area contributed by atoms with Gasteiger partial charge in [-0.25, -0.2) is 31.5 Å². The van der Waals surface area contributed by atoms with Gasteiger partial charge in [0.25, 0.3) is 5.78 Å². The van der Waals surface area contributed by atoms with Crippen molar-refractivity contribution in [3.8, 4) is 0 Å². The number of rotatable bonds is 11. The van der Waals surface area contributed by atoms with E-state index < -0.39 is 107 Å². The Morgan fingerprint density at radius 2 is 1.20 bits per heavy atom. The first-order valence-electron chi connectivity index (χ1n) is 8.75. The Kier molecular flexibility index (Phi) is 12.5. The summed E-state index contributed by atoms with van der Waals surface area (Å²) in [6.07, 6.45) is -4.81. The topological polar surface area (TPSA) is 193 Å². The molecule has 194 valence electrons. The zero-order valence-electron chi connectivity index (χ0n) is 16.9. The van der Waals surface area contributed by atoms with Gasteiger partial charge in [-0.05, 0) is 6.42 Å². The summed E-state index contributed by atoms with van der Waals surface area (Å²) in [7, 11) is 0. The van der Waals surface area contributed by atoms with Crippen LogP contribution in [0.3, 0.4) is 0 Å². The molecule has 11 nitrogen and oxygen atoms in total. The number of ketones is 1. The standard InChI is InChI=1S/C9H9BrO9.C9H5F5O2/c10-2-4(11)9(18)19-6(8(16)17)3(7(14)15)1-5(12)13;10-5-3(1-2-4(15)16)6(11)8(13)9(14)7(5)12/h3,6H,1-2H2,(H,12,13)(H,14,15)(H,16,17);1-2H2,(H,15,16). The molecule has 35 heavy (non-hydrogen) atoms. The monoisotopic (exact) mass is 580 g/mol. The number of benzene rings is 1. The molecule has 1 aromatic rings. The molecule has 2 atom stereocenters. The van der Waals surface area contributed by atoms with Gasteiger partial charge >= 0.3 is 29.8 Å². The second kappa shape index (κ2) is 13.9. The number of aliphatic carboxylic acids is 4. The maximum atomic E-state index is 12.9. The van der Waals surface area contributed by atoms with Crippen LogP contribution in [0.5, 0.6) is 0 Å². The molecule has 0 aliphatic rings. The van der Waals surface area contributed by atoms with E-state index in [1.807, 2.05) is 0 Å². The highest BCUT2D eigenvalue weighted by molar-refractivity contribution is 9.09. The van der Waals surface area contributed by atoms with Crippen LogP contribution in [-0.4, -0.2) is 67.5 Å². The average Bonchev–Trinajstić information content (AvgIpc) is 2.77. The molecule has 0 spiro atoms. The largest absolute Gasteiger partial charge is 0.481 e. The number of carbonyl (C=O) groups is 6. The fourth-order valence-corrected chi connectivity index (χ4v) is 2.38. The first-order chi connectivity index (χ1) is 16.1. The first kappa shape index (κ1) is 31.4. The highest BCUT2D eigenvalue weighted by Gasteiger charge is 2.39. The average molecular weight is 581 g/mol. The molecule has 0 saturated heterocycles. The molecule has 0 aliphatic carbocycles. The van der Waals surface area contributed by atoms with Crippen LogP contribution in [0.1, 0.15) is 18.4 Å². The summed E-state index contributed by atoms with van der Waals surface area (Å²) in [6.45, 7) is 0. The zero-order valence-corrected chi connectivity index (χ0v) is 18.5. The quantitative estimate of drug-likeness (QED) is 0.0740. The van der Waals surface area contributed by atoms with Crippen LogP contribution in [0, 0.1) is 35.0 Å². The second-order valence-corrected chi connectivity index (χ2v) is 6.77. The number of Topliss-reactive ketones (excluding diaryl/α,β-unsaturated/α-hetero) is 1. The van der Waals surface area contributed by atoms with Crippen molar-refractivity contribution in [1.82, 2.24) is 0 Å². The van der Waals surface area contributed by atoms with Crippen LogP contribution in [0.15, 0.2) is 0 Å². The molecule has 0 aromatic heterocycles. The van der Waals surface area contributed by atoms with Gasteiger partial charge in [-0.2, -0.15) is 0 Å². The third-order valence-corrected chi connectivity index (χ3v) is 4.30. The SMILES string of the molecule is O=C(O)CC(C(=O)O)C(OC(=O)C(=O)CBr)C(=O)O.O=C(O)CCc1c(F)c(F)c(F)c(F)c1F.